The minimum Gasteiger partial charge on any atom is -0.423 e. The third-order valence-corrected chi connectivity index (χ3v) is 7.45. The predicted molar refractivity (Wildman–Crippen MR) is 112 cm³/mol. The molecule has 0 spiro atoms. The maximum Gasteiger partial charge on any atom is 0.336 e. The molecule has 1 aromatic heterocycles. The van der Waals surface area contributed by atoms with Crippen molar-refractivity contribution in [2.45, 2.75) is 24.8 Å². The molecule has 0 atom stereocenters. The highest BCUT2D eigenvalue weighted by molar-refractivity contribution is 7.89. The molecule has 0 amide bonds. The zero-order valence-electron chi connectivity index (χ0n) is 17.0. The van der Waals surface area contributed by atoms with Crippen molar-refractivity contribution in [2.24, 2.45) is 0 Å². The molecule has 1 aliphatic heterocycles. The Morgan fingerprint density at radius 2 is 1.74 bits per heavy atom. The summed E-state index contributed by atoms with van der Waals surface area (Å²) in [5, 5.41) is 0.841. The van der Waals surface area contributed by atoms with Crippen molar-refractivity contribution in [3.8, 4) is 0 Å². The lowest BCUT2D eigenvalue weighted by Crippen LogP contribution is -2.48. The van der Waals surface area contributed by atoms with E-state index in [-0.39, 0.29) is 13.1 Å². The zero-order chi connectivity index (χ0) is 22.2. The molecule has 0 radical (unpaired) electrons. The van der Waals surface area contributed by atoms with Crippen molar-refractivity contribution in [1.29, 1.82) is 0 Å². The molecule has 31 heavy (non-hydrogen) atoms. The van der Waals surface area contributed by atoms with E-state index in [1.807, 2.05) is 30.0 Å². The van der Waals surface area contributed by atoms with Crippen molar-refractivity contribution in [3.63, 3.8) is 0 Å². The van der Waals surface area contributed by atoms with E-state index in [0.29, 0.717) is 31.3 Å². The number of fused-ring (bicyclic) bond motifs is 1. The summed E-state index contributed by atoms with van der Waals surface area (Å²) in [5.41, 5.74) is 1.97. The highest BCUT2D eigenvalue weighted by atomic mass is 32.2. The molecular weight excluding hydrogens is 426 g/mol. The standard InChI is InChI=1S/C22H22F2N2O4S/c1-2-15-3-5-18-16(12-22(27)30-20(18)11-15)14-25-7-9-26(10-8-25)31(28,29)21-13-17(23)4-6-19(21)24/h3-6,11-13H,2,7-10,14H2,1H3. The fraction of sp³-hybridized carbons (Fsp3) is 0.318. The van der Waals surface area contributed by atoms with Crippen molar-refractivity contribution in [3.05, 3.63) is 75.6 Å². The molecule has 1 saturated heterocycles. The lowest BCUT2D eigenvalue weighted by atomic mass is 10.1. The zero-order valence-corrected chi connectivity index (χ0v) is 17.8. The van der Waals surface area contributed by atoms with Crippen LogP contribution in [0.25, 0.3) is 11.0 Å². The van der Waals surface area contributed by atoms with E-state index in [2.05, 4.69) is 0 Å². The Hall–Kier alpha value is -2.62. The van der Waals surface area contributed by atoms with Gasteiger partial charge in [0.1, 0.15) is 22.1 Å². The Bertz CT molecular complexity index is 1280. The molecule has 0 saturated carbocycles. The van der Waals surface area contributed by atoms with Gasteiger partial charge in [0.2, 0.25) is 10.0 Å². The number of benzene rings is 2. The fourth-order valence-corrected chi connectivity index (χ4v) is 5.31. The molecule has 0 N–H and O–H groups in total. The smallest absolute Gasteiger partial charge is 0.336 e. The van der Waals surface area contributed by atoms with Gasteiger partial charge in [0.15, 0.2) is 0 Å². The van der Waals surface area contributed by atoms with E-state index in [4.69, 9.17) is 4.42 Å². The van der Waals surface area contributed by atoms with Crippen LogP contribution in [0.3, 0.4) is 0 Å². The van der Waals surface area contributed by atoms with Crippen LogP contribution in [0, 0.1) is 11.6 Å². The summed E-state index contributed by atoms with van der Waals surface area (Å²) in [6.07, 6.45) is 0.826. The molecule has 0 unspecified atom stereocenters. The van der Waals surface area contributed by atoms with Crippen molar-refractivity contribution in [2.75, 3.05) is 26.2 Å². The lowest BCUT2D eigenvalue weighted by Gasteiger charge is -2.34. The molecule has 2 aromatic carbocycles. The van der Waals surface area contributed by atoms with E-state index in [0.717, 1.165) is 39.4 Å². The summed E-state index contributed by atoms with van der Waals surface area (Å²) >= 11 is 0. The van der Waals surface area contributed by atoms with Gasteiger partial charge in [-0.1, -0.05) is 19.1 Å². The second-order valence-corrected chi connectivity index (χ2v) is 9.44. The maximum absolute atomic E-state index is 14.0. The monoisotopic (exact) mass is 448 g/mol. The SMILES string of the molecule is CCc1ccc2c(CN3CCN(S(=O)(=O)c4cc(F)ccc4F)CC3)cc(=O)oc2c1. The average Bonchev–Trinajstić information content (AvgIpc) is 2.75. The molecule has 0 aliphatic carbocycles. The quantitative estimate of drug-likeness (QED) is 0.561. The third-order valence-electron chi connectivity index (χ3n) is 5.54. The third kappa shape index (κ3) is 4.39. The molecule has 9 heteroatoms. The van der Waals surface area contributed by atoms with Crippen LogP contribution in [0.2, 0.25) is 0 Å². The van der Waals surface area contributed by atoms with Crippen LogP contribution in [-0.4, -0.2) is 43.8 Å². The summed E-state index contributed by atoms with van der Waals surface area (Å²) in [7, 11) is -4.13. The number of hydrogen-bond donors (Lipinski definition) is 0. The first-order chi connectivity index (χ1) is 14.8. The normalized spacial score (nSPS) is 16.1. The summed E-state index contributed by atoms with van der Waals surface area (Å²) in [6, 6.07) is 9.64. The van der Waals surface area contributed by atoms with Gasteiger partial charge in [-0.05, 0) is 41.8 Å². The molecule has 0 bridgehead atoms. The van der Waals surface area contributed by atoms with Gasteiger partial charge in [0.25, 0.3) is 0 Å². The van der Waals surface area contributed by atoms with Crippen LogP contribution in [0.15, 0.2) is 56.6 Å². The molecule has 164 valence electrons. The van der Waals surface area contributed by atoms with Crippen molar-refractivity contribution < 1.29 is 21.6 Å². The van der Waals surface area contributed by atoms with Gasteiger partial charge >= 0.3 is 5.63 Å². The predicted octanol–water partition coefficient (Wildman–Crippen LogP) is 3.14. The van der Waals surface area contributed by atoms with Crippen molar-refractivity contribution in [1.82, 2.24) is 9.21 Å². The minimum absolute atomic E-state index is 0.137. The first-order valence-electron chi connectivity index (χ1n) is 10.0. The van der Waals surface area contributed by atoms with Gasteiger partial charge < -0.3 is 4.42 Å². The first kappa shape index (κ1) is 21.6. The van der Waals surface area contributed by atoms with Crippen LogP contribution in [0.4, 0.5) is 8.78 Å². The van der Waals surface area contributed by atoms with Gasteiger partial charge in [0.05, 0.1) is 0 Å². The van der Waals surface area contributed by atoms with Gasteiger partial charge in [-0.25, -0.2) is 22.0 Å². The summed E-state index contributed by atoms with van der Waals surface area (Å²) in [6.45, 7) is 3.54. The van der Waals surface area contributed by atoms with Crippen LogP contribution in [0.1, 0.15) is 18.1 Å². The van der Waals surface area contributed by atoms with Crippen LogP contribution in [0.5, 0.6) is 0 Å². The minimum atomic E-state index is -4.13. The second kappa shape index (κ2) is 8.49. The van der Waals surface area contributed by atoms with Gasteiger partial charge in [0, 0.05) is 44.2 Å². The number of rotatable bonds is 5. The molecule has 1 aliphatic rings. The second-order valence-electron chi connectivity index (χ2n) is 7.53. The molecule has 2 heterocycles. The number of hydrogen-bond acceptors (Lipinski definition) is 5. The summed E-state index contributed by atoms with van der Waals surface area (Å²) < 4.78 is 59.5. The number of aryl methyl sites for hydroxylation is 1. The lowest BCUT2D eigenvalue weighted by molar-refractivity contribution is 0.181. The molecule has 4 rings (SSSR count). The van der Waals surface area contributed by atoms with Crippen molar-refractivity contribution >= 4 is 21.0 Å². The topological polar surface area (TPSA) is 70.8 Å². The Labute approximate surface area is 178 Å². The largest absolute Gasteiger partial charge is 0.423 e. The van der Waals surface area contributed by atoms with Crippen LogP contribution < -0.4 is 5.63 Å². The fourth-order valence-electron chi connectivity index (χ4n) is 3.81. The summed E-state index contributed by atoms with van der Waals surface area (Å²) in [4.78, 5) is 13.4. The van der Waals surface area contributed by atoms with E-state index in [9.17, 15) is 22.0 Å². The Balaban J connectivity index is 1.51. The molecule has 6 nitrogen and oxygen atoms in total. The van der Waals surface area contributed by atoms with Gasteiger partial charge in [-0.3, -0.25) is 4.90 Å². The van der Waals surface area contributed by atoms with E-state index in [1.54, 1.807) is 0 Å². The molecule has 3 aromatic rings. The average molecular weight is 448 g/mol. The van der Waals surface area contributed by atoms with Crippen LogP contribution in [-0.2, 0) is 23.0 Å². The van der Waals surface area contributed by atoms with Gasteiger partial charge in [-0.2, -0.15) is 4.31 Å². The highest BCUT2D eigenvalue weighted by Crippen LogP contribution is 2.24. The first-order valence-corrected chi connectivity index (χ1v) is 11.4. The molecular formula is C22H22F2N2O4S. The maximum atomic E-state index is 14.0. The summed E-state index contributed by atoms with van der Waals surface area (Å²) in [5.74, 6) is -1.78. The van der Waals surface area contributed by atoms with E-state index in [1.165, 1.54) is 6.07 Å². The number of sulfonamides is 1. The van der Waals surface area contributed by atoms with E-state index < -0.39 is 32.2 Å². The number of halogens is 2. The highest BCUT2D eigenvalue weighted by Gasteiger charge is 2.31. The number of piperazine rings is 1. The van der Waals surface area contributed by atoms with Crippen LogP contribution >= 0.6 is 0 Å². The number of nitrogens with zero attached hydrogens (tertiary/aromatic N) is 2. The Morgan fingerprint density at radius 1 is 1.00 bits per heavy atom. The Morgan fingerprint density at radius 3 is 2.45 bits per heavy atom. The van der Waals surface area contributed by atoms with E-state index >= 15 is 0 Å². The molecule has 1 fully saturated rings. The van der Waals surface area contributed by atoms with Gasteiger partial charge in [-0.15, -0.1) is 0 Å². The Kier molecular flexibility index (Phi) is 5.92.